The second-order valence-corrected chi connectivity index (χ2v) is 6.13. The smallest absolute Gasteiger partial charge is 0.209 e. The average Bonchev–Trinajstić information content (AvgIpc) is 2.36. The molecule has 1 unspecified atom stereocenters. The fraction of sp³-hybridized carbons (Fsp3) is 1.00. The van der Waals surface area contributed by atoms with Gasteiger partial charge in [-0.05, 0) is 30.6 Å². The van der Waals surface area contributed by atoms with Crippen molar-refractivity contribution in [2.45, 2.75) is 33.1 Å². The van der Waals surface area contributed by atoms with Crippen molar-refractivity contribution in [1.82, 2.24) is 0 Å². The average molecular weight is 191 g/mol. The molecule has 4 heteroatoms. The molecule has 0 amide bonds. The van der Waals surface area contributed by atoms with E-state index in [-0.39, 0.29) is 5.75 Å². The van der Waals surface area contributed by atoms with Crippen LogP contribution in [0, 0.1) is 11.3 Å². The summed E-state index contributed by atoms with van der Waals surface area (Å²) in [6.07, 6.45) is 2.95. The zero-order chi connectivity index (χ0) is 9.41. The first kappa shape index (κ1) is 9.99. The van der Waals surface area contributed by atoms with E-state index in [4.69, 9.17) is 5.14 Å². The van der Waals surface area contributed by atoms with E-state index in [0.29, 0.717) is 11.8 Å². The quantitative estimate of drug-likeness (QED) is 0.723. The van der Waals surface area contributed by atoms with Gasteiger partial charge < -0.3 is 0 Å². The van der Waals surface area contributed by atoms with Gasteiger partial charge in [-0.2, -0.15) is 0 Å². The zero-order valence-electron chi connectivity index (χ0n) is 7.71. The van der Waals surface area contributed by atoms with Crippen molar-refractivity contribution in [3.8, 4) is 0 Å². The highest BCUT2D eigenvalue weighted by atomic mass is 32.2. The second-order valence-electron chi connectivity index (χ2n) is 4.40. The van der Waals surface area contributed by atoms with E-state index in [1.807, 2.05) is 0 Å². The maximum Gasteiger partial charge on any atom is 0.209 e. The Hall–Kier alpha value is -0.0900. The Morgan fingerprint density at radius 2 is 2.00 bits per heavy atom. The lowest BCUT2D eigenvalue weighted by molar-refractivity contribution is 0.524. The van der Waals surface area contributed by atoms with Crippen LogP contribution in [-0.2, 0) is 10.0 Å². The third-order valence-corrected chi connectivity index (χ3v) is 3.56. The Balaban J connectivity index is 2.14. The SMILES string of the molecule is CC1(C)CC1CCCS(N)(=O)=O. The summed E-state index contributed by atoms with van der Waals surface area (Å²) in [7, 11) is -3.23. The fourth-order valence-corrected chi connectivity index (χ4v) is 2.17. The zero-order valence-corrected chi connectivity index (χ0v) is 8.52. The van der Waals surface area contributed by atoms with Gasteiger partial charge in [-0.25, -0.2) is 13.6 Å². The molecule has 3 nitrogen and oxygen atoms in total. The van der Waals surface area contributed by atoms with E-state index in [1.165, 1.54) is 6.42 Å². The van der Waals surface area contributed by atoms with Gasteiger partial charge in [0.15, 0.2) is 0 Å². The minimum Gasteiger partial charge on any atom is -0.229 e. The lowest BCUT2D eigenvalue weighted by Gasteiger charge is -2.01. The predicted molar refractivity (Wildman–Crippen MR) is 49.1 cm³/mol. The van der Waals surface area contributed by atoms with E-state index in [9.17, 15) is 8.42 Å². The Morgan fingerprint density at radius 1 is 1.50 bits per heavy atom. The molecule has 0 aliphatic heterocycles. The van der Waals surface area contributed by atoms with Gasteiger partial charge in [0.25, 0.3) is 0 Å². The molecule has 72 valence electrons. The summed E-state index contributed by atoms with van der Waals surface area (Å²) in [5.41, 5.74) is 0.457. The first-order valence-electron chi connectivity index (χ1n) is 4.32. The monoisotopic (exact) mass is 191 g/mol. The molecule has 12 heavy (non-hydrogen) atoms. The highest BCUT2D eigenvalue weighted by Crippen LogP contribution is 2.53. The summed E-state index contributed by atoms with van der Waals surface area (Å²) < 4.78 is 21.1. The number of sulfonamides is 1. The predicted octanol–water partition coefficient (Wildman–Crippen LogP) is 1.10. The summed E-state index contributed by atoms with van der Waals surface area (Å²) in [4.78, 5) is 0. The van der Waals surface area contributed by atoms with Gasteiger partial charge in [-0.15, -0.1) is 0 Å². The summed E-state index contributed by atoms with van der Waals surface area (Å²) in [6.45, 7) is 4.43. The van der Waals surface area contributed by atoms with E-state index >= 15 is 0 Å². The van der Waals surface area contributed by atoms with Crippen LogP contribution in [0.3, 0.4) is 0 Å². The van der Waals surface area contributed by atoms with Crippen LogP contribution < -0.4 is 5.14 Å². The van der Waals surface area contributed by atoms with Crippen molar-refractivity contribution in [1.29, 1.82) is 0 Å². The van der Waals surface area contributed by atoms with Crippen LogP contribution in [0.1, 0.15) is 33.1 Å². The van der Waals surface area contributed by atoms with Crippen molar-refractivity contribution in [3.05, 3.63) is 0 Å². The van der Waals surface area contributed by atoms with Crippen molar-refractivity contribution in [3.63, 3.8) is 0 Å². The third-order valence-electron chi connectivity index (χ3n) is 2.70. The van der Waals surface area contributed by atoms with E-state index in [1.54, 1.807) is 0 Å². The first-order chi connectivity index (χ1) is 5.31. The van der Waals surface area contributed by atoms with Crippen molar-refractivity contribution < 1.29 is 8.42 Å². The standard InChI is InChI=1S/C8H17NO2S/c1-8(2)6-7(8)4-3-5-12(9,10)11/h7H,3-6H2,1-2H3,(H2,9,10,11). The number of nitrogens with two attached hydrogens (primary N) is 1. The Labute approximate surface area is 74.4 Å². The Morgan fingerprint density at radius 3 is 2.33 bits per heavy atom. The van der Waals surface area contributed by atoms with Crippen LogP contribution in [-0.4, -0.2) is 14.2 Å². The molecule has 0 heterocycles. The van der Waals surface area contributed by atoms with Crippen molar-refractivity contribution >= 4 is 10.0 Å². The topological polar surface area (TPSA) is 60.2 Å². The minimum atomic E-state index is -3.23. The summed E-state index contributed by atoms with van der Waals surface area (Å²) >= 11 is 0. The summed E-state index contributed by atoms with van der Waals surface area (Å²) in [5, 5.41) is 4.88. The van der Waals surface area contributed by atoms with E-state index < -0.39 is 10.0 Å². The molecular formula is C8H17NO2S. The molecule has 0 radical (unpaired) electrons. The molecule has 0 spiro atoms. The maximum absolute atomic E-state index is 10.6. The van der Waals surface area contributed by atoms with Crippen LogP contribution in [0.15, 0.2) is 0 Å². The molecule has 0 aromatic rings. The number of hydrogen-bond acceptors (Lipinski definition) is 2. The first-order valence-corrected chi connectivity index (χ1v) is 6.03. The molecule has 0 aromatic carbocycles. The fourth-order valence-electron chi connectivity index (χ4n) is 1.60. The lowest BCUT2D eigenvalue weighted by Crippen LogP contribution is -2.16. The van der Waals surface area contributed by atoms with E-state index in [2.05, 4.69) is 13.8 Å². The molecule has 1 aliphatic carbocycles. The summed E-state index contributed by atoms with van der Waals surface area (Å²) in [6, 6.07) is 0. The second kappa shape index (κ2) is 3.00. The number of rotatable bonds is 4. The molecule has 1 aliphatic rings. The Kier molecular flexibility index (Phi) is 2.50. The van der Waals surface area contributed by atoms with Crippen molar-refractivity contribution in [2.75, 3.05) is 5.75 Å². The maximum atomic E-state index is 10.6. The van der Waals surface area contributed by atoms with Crippen LogP contribution in [0.2, 0.25) is 0 Å². The van der Waals surface area contributed by atoms with Crippen LogP contribution in [0.4, 0.5) is 0 Å². The third kappa shape index (κ3) is 3.11. The molecular weight excluding hydrogens is 174 g/mol. The molecule has 1 saturated carbocycles. The normalized spacial score (nSPS) is 27.1. The van der Waals surface area contributed by atoms with E-state index in [0.717, 1.165) is 12.3 Å². The lowest BCUT2D eigenvalue weighted by atomic mass is 10.1. The molecule has 1 atom stereocenters. The van der Waals surface area contributed by atoms with Gasteiger partial charge in [-0.3, -0.25) is 0 Å². The number of hydrogen-bond donors (Lipinski definition) is 1. The summed E-state index contributed by atoms with van der Waals surface area (Å²) in [5.74, 6) is 0.860. The van der Waals surface area contributed by atoms with Crippen LogP contribution in [0.25, 0.3) is 0 Å². The minimum absolute atomic E-state index is 0.138. The van der Waals surface area contributed by atoms with Gasteiger partial charge in [0.1, 0.15) is 0 Å². The highest BCUT2D eigenvalue weighted by molar-refractivity contribution is 7.89. The van der Waals surface area contributed by atoms with Gasteiger partial charge in [0.2, 0.25) is 10.0 Å². The molecule has 0 aromatic heterocycles. The van der Waals surface area contributed by atoms with Crippen LogP contribution in [0.5, 0.6) is 0 Å². The molecule has 2 N–H and O–H groups in total. The molecule has 0 bridgehead atoms. The van der Waals surface area contributed by atoms with Gasteiger partial charge in [0.05, 0.1) is 5.75 Å². The van der Waals surface area contributed by atoms with Gasteiger partial charge in [0, 0.05) is 0 Å². The van der Waals surface area contributed by atoms with Gasteiger partial charge >= 0.3 is 0 Å². The van der Waals surface area contributed by atoms with Crippen molar-refractivity contribution in [2.24, 2.45) is 16.5 Å². The van der Waals surface area contributed by atoms with Crippen LogP contribution >= 0.6 is 0 Å². The Bertz CT molecular complexity index is 256. The highest BCUT2D eigenvalue weighted by Gasteiger charge is 2.44. The van der Waals surface area contributed by atoms with Gasteiger partial charge in [-0.1, -0.05) is 13.8 Å². The largest absolute Gasteiger partial charge is 0.229 e. The number of primary sulfonamides is 1. The molecule has 1 fully saturated rings. The molecule has 0 saturated heterocycles. The molecule has 1 rings (SSSR count).